The van der Waals surface area contributed by atoms with Crippen LogP contribution in [0.25, 0.3) is 6.08 Å². The third-order valence-corrected chi connectivity index (χ3v) is 5.32. The number of thiophene rings is 1. The van der Waals surface area contributed by atoms with Crippen LogP contribution in [0.4, 0.5) is 11.4 Å². The van der Waals surface area contributed by atoms with E-state index in [1.807, 2.05) is 17.5 Å². The quantitative estimate of drug-likeness (QED) is 0.436. The second-order valence-electron chi connectivity index (χ2n) is 5.26. The van der Waals surface area contributed by atoms with Crippen molar-refractivity contribution in [3.63, 3.8) is 0 Å². The normalized spacial score (nSPS) is 16.9. The van der Waals surface area contributed by atoms with Crippen LogP contribution in [0, 0.1) is 10.1 Å². The number of carbonyl (C=O) groups excluding carboxylic acids is 1. The van der Waals surface area contributed by atoms with Crippen molar-refractivity contribution in [2.24, 2.45) is 4.99 Å². The zero-order chi connectivity index (χ0) is 19.4. The second kappa shape index (κ2) is 8.19. The van der Waals surface area contributed by atoms with E-state index in [1.54, 1.807) is 13.0 Å². The number of aliphatic imine (C=N–C) groups is 1. The lowest BCUT2D eigenvalue weighted by Gasteiger charge is -2.03. The van der Waals surface area contributed by atoms with E-state index in [0.29, 0.717) is 10.6 Å². The molecule has 0 fully saturated rings. The van der Waals surface area contributed by atoms with Crippen molar-refractivity contribution in [3.8, 4) is 0 Å². The molecule has 1 aromatic heterocycles. The van der Waals surface area contributed by atoms with E-state index >= 15 is 0 Å². The third-order valence-electron chi connectivity index (χ3n) is 3.48. The largest absolute Gasteiger partial charge is 0.506 e. The number of hydrogen-bond acceptors (Lipinski definition) is 8. The number of nitro groups is 1. The molecule has 0 radical (unpaired) electrons. The summed E-state index contributed by atoms with van der Waals surface area (Å²) >= 11 is 2.64. The number of aliphatic hydroxyl groups is 1. The topological polar surface area (TPSA) is 102 Å². The molecule has 9 heteroatoms. The maximum atomic E-state index is 12.3. The molecular weight excluding hydrogens is 388 g/mol. The molecule has 1 N–H and O–H groups in total. The van der Waals surface area contributed by atoms with E-state index in [4.69, 9.17) is 4.74 Å². The first kappa shape index (κ1) is 18.9. The van der Waals surface area contributed by atoms with Gasteiger partial charge in [-0.3, -0.25) is 10.1 Å². The van der Waals surface area contributed by atoms with Crippen LogP contribution in [0.2, 0.25) is 0 Å². The second-order valence-corrected chi connectivity index (χ2v) is 7.27. The maximum absolute atomic E-state index is 12.3. The summed E-state index contributed by atoms with van der Waals surface area (Å²) in [5.41, 5.74) is 0.360. The van der Waals surface area contributed by atoms with Gasteiger partial charge in [0.2, 0.25) is 0 Å². The molecule has 0 saturated carbocycles. The highest BCUT2D eigenvalue weighted by Gasteiger charge is 2.33. The van der Waals surface area contributed by atoms with Crippen molar-refractivity contribution >= 4 is 51.6 Å². The molecule has 1 aromatic carbocycles. The Bertz CT molecular complexity index is 960. The van der Waals surface area contributed by atoms with E-state index < -0.39 is 10.9 Å². The lowest BCUT2D eigenvalue weighted by atomic mass is 10.2. The van der Waals surface area contributed by atoms with Gasteiger partial charge in [0.15, 0.2) is 0 Å². The Morgan fingerprint density at radius 3 is 2.67 bits per heavy atom. The molecule has 0 aliphatic carbocycles. The Labute approximate surface area is 162 Å². The van der Waals surface area contributed by atoms with Crippen LogP contribution >= 0.6 is 23.1 Å². The molecule has 3 rings (SSSR count). The first-order valence-electron chi connectivity index (χ1n) is 7.87. The van der Waals surface area contributed by atoms with Crippen molar-refractivity contribution in [2.45, 2.75) is 6.92 Å². The molecule has 0 spiro atoms. The molecule has 2 heterocycles. The van der Waals surface area contributed by atoms with Crippen LogP contribution in [-0.4, -0.2) is 27.6 Å². The SMILES string of the molecule is CCOC(=O)C1=C(O)/C(=C/c2cccs2)SC1=Nc1ccc([N+](=O)[O-])cc1. The minimum Gasteiger partial charge on any atom is -0.506 e. The number of esters is 1. The van der Waals surface area contributed by atoms with Gasteiger partial charge in [0.1, 0.15) is 16.4 Å². The fourth-order valence-corrected chi connectivity index (χ4v) is 4.02. The van der Waals surface area contributed by atoms with Crippen molar-refractivity contribution in [1.82, 2.24) is 0 Å². The third kappa shape index (κ3) is 4.26. The van der Waals surface area contributed by atoms with E-state index in [9.17, 15) is 20.0 Å². The molecule has 0 bridgehead atoms. The lowest BCUT2D eigenvalue weighted by molar-refractivity contribution is -0.384. The molecule has 0 amide bonds. The summed E-state index contributed by atoms with van der Waals surface area (Å²) in [6, 6.07) is 9.39. The Morgan fingerprint density at radius 2 is 2.07 bits per heavy atom. The first-order valence-corrected chi connectivity index (χ1v) is 9.56. The number of aliphatic hydroxyl groups excluding tert-OH is 1. The van der Waals surface area contributed by atoms with Gasteiger partial charge in [0, 0.05) is 17.0 Å². The fraction of sp³-hybridized carbons (Fsp3) is 0.111. The molecule has 0 saturated heterocycles. The van der Waals surface area contributed by atoms with Crippen LogP contribution in [0.5, 0.6) is 0 Å². The number of thioether (sulfide) groups is 1. The zero-order valence-electron chi connectivity index (χ0n) is 14.1. The molecular formula is C18H14N2O5S2. The minimum absolute atomic E-state index is 0.0111. The van der Waals surface area contributed by atoms with Gasteiger partial charge in [0.05, 0.1) is 22.1 Å². The average Bonchev–Trinajstić information content (AvgIpc) is 3.24. The molecule has 0 atom stereocenters. The van der Waals surface area contributed by atoms with E-state index in [0.717, 1.165) is 16.6 Å². The number of carbonyl (C=O) groups is 1. The predicted octanol–water partition coefficient (Wildman–Crippen LogP) is 4.85. The number of benzene rings is 1. The number of rotatable bonds is 5. The molecule has 1 aliphatic rings. The maximum Gasteiger partial charge on any atom is 0.344 e. The van der Waals surface area contributed by atoms with Crippen LogP contribution in [0.3, 0.4) is 0 Å². The fourth-order valence-electron chi connectivity index (χ4n) is 2.26. The molecule has 1 aliphatic heterocycles. The number of nitro benzene ring substituents is 1. The number of non-ortho nitro benzene ring substituents is 1. The summed E-state index contributed by atoms with van der Waals surface area (Å²) in [6.45, 7) is 1.84. The van der Waals surface area contributed by atoms with E-state index in [2.05, 4.69) is 4.99 Å². The lowest BCUT2D eigenvalue weighted by Crippen LogP contribution is -2.12. The summed E-state index contributed by atoms with van der Waals surface area (Å²) in [7, 11) is 0. The van der Waals surface area contributed by atoms with Crippen LogP contribution < -0.4 is 0 Å². The Kier molecular flexibility index (Phi) is 5.72. The summed E-state index contributed by atoms with van der Waals surface area (Å²) in [5, 5.41) is 23.5. The van der Waals surface area contributed by atoms with Crippen molar-refractivity contribution in [1.29, 1.82) is 0 Å². The van der Waals surface area contributed by atoms with Crippen LogP contribution in [-0.2, 0) is 9.53 Å². The highest BCUT2D eigenvalue weighted by molar-refractivity contribution is 8.18. The van der Waals surface area contributed by atoms with Crippen molar-refractivity contribution in [3.05, 3.63) is 73.0 Å². The van der Waals surface area contributed by atoms with E-state index in [-0.39, 0.29) is 28.7 Å². The van der Waals surface area contributed by atoms with Crippen molar-refractivity contribution < 1.29 is 19.6 Å². The van der Waals surface area contributed by atoms with Gasteiger partial charge < -0.3 is 9.84 Å². The minimum atomic E-state index is -0.669. The van der Waals surface area contributed by atoms with E-state index in [1.165, 1.54) is 35.6 Å². The standard InChI is InChI=1S/C18H14N2O5S2/c1-2-25-18(22)15-16(21)14(10-13-4-3-9-26-13)27-17(15)19-11-5-7-12(8-6-11)20(23)24/h3-10,21H,2H2,1H3/b14-10-,19-17?. The summed E-state index contributed by atoms with van der Waals surface area (Å²) < 4.78 is 5.03. The smallest absolute Gasteiger partial charge is 0.344 e. The predicted molar refractivity (Wildman–Crippen MR) is 106 cm³/mol. The molecule has 27 heavy (non-hydrogen) atoms. The summed E-state index contributed by atoms with van der Waals surface area (Å²) in [5.74, 6) is -0.856. The van der Waals surface area contributed by atoms with Gasteiger partial charge in [0.25, 0.3) is 5.69 Å². The highest BCUT2D eigenvalue weighted by atomic mass is 32.2. The Hall–Kier alpha value is -2.91. The highest BCUT2D eigenvalue weighted by Crippen LogP contribution is 2.40. The number of nitrogens with zero attached hydrogens (tertiary/aromatic N) is 2. The summed E-state index contributed by atoms with van der Waals surface area (Å²) in [6.07, 6.45) is 1.77. The van der Waals surface area contributed by atoms with Gasteiger partial charge in [-0.15, -0.1) is 11.3 Å². The van der Waals surface area contributed by atoms with Crippen LogP contribution in [0.15, 0.2) is 63.0 Å². The van der Waals surface area contributed by atoms with Gasteiger partial charge >= 0.3 is 5.97 Å². The van der Waals surface area contributed by atoms with Crippen LogP contribution in [0.1, 0.15) is 11.8 Å². The molecule has 138 valence electrons. The molecule has 7 nitrogen and oxygen atoms in total. The Balaban J connectivity index is 2.00. The average molecular weight is 402 g/mol. The molecule has 0 unspecified atom stereocenters. The summed E-state index contributed by atoms with van der Waals surface area (Å²) in [4.78, 5) is 28.3. The monoisotopic (exact) mass is 402 g/mol. The van der Waals surface area contributed by atoms with Gasteiger partial charge in [-0.2, -0.15) is 0 Å². The van der Waals surface area contributed by atoms with Crippen molar-refractivity contribution in [2.75, 3.05) is 6.61 Å². The van der Waals surface area contributed by atoms with Gasteiger partial charge in [-0.1, -0.05) is 17.8 Å². The Morgan fingerprint density at radius 1 is 1.33 bits per heavy atom. The zero-order valence-corrected chi connectivity index (χ0v) is 15.8. The molecule has 2 aromatic rings. The number of ether oxygens (including phenoxy) is 1. The number of hydrogen-bond donors (Lipinski definition) is 1. The van der Waals surface area contributed by atoms with Gasteiger partial charge in [-0.25, -0.2) is 9.79 Å². The first-order chi connectivity index (χ1) is 13.0. The van der Waals surface area contributed by atoms with Gasteiger partial charge in [-0.05, 0) is 36.6 Å².